The summed E-state index contributed by atoms with van der Waals surface area (Å²) in [5, 5.41) is 0. The second-order valence-electron chi connectivity index (χ2n) is 7.04. The van der Waals surface area contributed by atoms with Gasteiger partial charge in [0.1, 0.15) is 0 Å². The van der Waals surface area contributed by atoms with Crippen LogP contribution in [0.4, 0.5) is 0 Å². The zero-order valence-corrected chi connectivity index (χ0v) is 17.7. The minimum Gasteiger partial charge on any atom is -0.304 e. The number of unbranched alkanes of at least 4 members (excludes halogenated alkanes) is 9. The van der Waals surface area contributed by atoms with E-state index in [1.54, 1.807) is 0 Å². The van der Waals surface area contributed by atoms with Gasteiger partial charge in [-0.2, -0.15) is 0 Å². The van der Waals surface area contributed by atoms with Crippen molar-refractivity contribution in [3.63, 3.8) is 0 Å². The third-order valence-corrected chi connectivity index (χ3v) is 5.00. The fourth-order valence-electron chi connectivity index (χ4n) is 3.13. The van der Waals surface area contributed by atoms with Crippen LogP contribution in [0.3, 0.4) is 0 Å². The van der Waals surface area contributed by atoms with Crippen molar-refractivity contribution in [1.82, 2.24) is 4.90 Å². The van der Waals surface area contributed by atoms with E-state index in [2.05, 4.69) is 62.9 Å². The largest absolute Gasteiger partial charge is 0.304 e. The van der Waals surface area contributed by atoms with Gasteiger partial charge in [-0.15, -0.1) is 0 Å². The molecule has 0 saturated heterocycles. The van der Waals surface area contributed by atoms with E-state index in [1.807, 2.05) is 0 Å². The molecule has 0 unspecified atom stereocenters. The minimum atomic E-state index is 1.19. The molecule has 0 bridgehead atoms. The van der Waals surface area contributed by atoms with Crippen molar-refractivity contribution in [3.05, 3.63) is 35.9 Å². The Morgan fingerprint density at radius 2 is 1.00 bits per heavy atom. The molecule has 146 valence electrons. The van der Waals surface area contributed by atoms with Gasteiger partial charge in [0, 0.05) is 0 Å². The van der Waals surface area contributed by atoms with Crippen LogP contribution in [-0.2, 0) is 6.42 Å². The van der Waals surface area contributed by atoms with Crippen molar-refractivity contribution < 1.29 is 0 Å². The summed E-state index contributed by atoms with van der Waals surface area (Å²) in [4.78, 5) is 2.38. The Balaban J connectivity index is 0.000000697. The first-order chi connectivity index (χ1) is 12.3. The highest BCUT2D eigenvalue weighted by Crippen LogP contribution is 2.12. The molecule has 1 aromatic carbocycles. The van der Waals surface area contributed by atoms with Gasteiger partial charge in [-0.1, -0.05) is 116 Å². The van der Waals surface area contributed by atoms with Crippen molar-refractivity contribution in [1.29, 1.82) is 0 Å². The number of rotatable bonds is 14. The first kappa shape index (κ1) is 24.2. The van der Waals surface area contributed by atoms with E-state index in [1.165, 1.54) is 95.8 Å². The average molecular weight is 348 g/mol. The molecule has 1 aromatic rings. The summed E-state index contributed by atoms with van der Waals surface area (Å²) in [5.41, 5.74) is 1.50. The van der Waals surface area contributed by atoms with Gasteiger partial charge in [0.2, 0.25) is 0 Å². The summed E-state index contributed by atoms with van der Waals surface area (Å²) in [7, 11) is 0. The van der Waals surface area contributed by atoms with Crippen LogP contribution < -0.4 is 0 Å². The van der Waals surface area contributed by atoms with Crippen LogP contribution in [0.15, 0.2) is 30.3 Å². The molecule has 0 atom stereocenters. The summed E-state index contributed by atoms with van der Waals surface area (Å²) < 4.78 is 0. The van der Waals surface area contributed by atoms with Crippen molar-refractivity contribution in [2.24, 2.45) is 0 Å². The van der Waals surface area contributed by atoms with Gasteiger partial charge < -0.3 is 4.90 Å². The number of aryl methyl sites for hydroxylation is 1. The number of benzene rings is 1. The highest BCUT2D eigenvalue weighted by Gasteiger charge is 1.94. The van der Waals surface area contributed by atoms with Gasteiger partial charge >= 0.3 is 0 Å². The summed E-state index contributed by atoms with van der Waals surface area (Å²) in [5.74, 6) is 0. The summed E-state index contributed by atoms with van der Waals surface area (Å²) in [6.07, 6.45) is 15.5. The van der Waals surface area contributed by atoms with E-state index < -0.39 is 0 Å². The number of hydrogen-bond acceptors (Lipinski definition) is 1. The smallest absolute Gasteiger partial charge is 0.00474 e. The summed E-state index contributed by atoms with van der Waals surface area (Å²) in [6.45, 7) is 12.4. The van der Waals surface area contributed by atoms with Crippen LogP contribution in [-0.4, -0.2) is 24.5 Å². The molecule has 0 N–H and O–H groups in total. The molecule has 0 amide bonds. The molecule has 1 rings (SSSR count). The first-order valence-corrected chi connectivity index (χ1v) is 11.0. The van der Waals surface area contributed by atoms with Gasteiger partial charge in [-0.05, 0) is 38.0 Å². The zero-order valence-electron chi connectivity index (χ0n) is 17.7. The van der Waals surface area contributed by atoms with Crippen LogP contribution in [0.2, 0.25) is 0 Å². The molecule has 0 radical (unpaired) electrons. The molecular weight excluding hydrogens is 302 g/mol. The maximum Gasteiger partial charge on any atom is -0.00474 e. The topological polar surface area (TPSA) is 3.24 Å². The zero-order chi connectivity index (χ0) is 18.6. The highest BCUT2D eigenvalue weighted by atomic mass is 15.1. The van der Waals surface area contributed by atoms with Gasteiger partial charge in [0.25, 0.3) is 0 Å². The van der Waals surface area contributed by atoms with Crippen LogP contribution >= 0.6 is 0 Å². The lowest BCUT2D eigenvalue weighted by Gasteiger charge is -2.13. The molecule has 0 fully saturated rings. The van der Waals surface area contributed by atoms with Crippen molar-refractivity contribution in [3.8, 4) is 0 Å². The predicted molar refractivity (Wildman–Crippen MR) is 115 cm³/mol. The standard InChI is InChI=1S/C18H30.C6H15N/c1-2-3-4-5-6-7-8-9-10-12-15-18-16-13-11-14-17-18;1-4-7(5-2)6-3/h11,13-14,16-17H,2-10,12,15H2,1H3;4-6H2,1-3H3. The maximum atomic E-state index is 2.38. The quantitative estimate of drug-likeness (QED) is 0.315. The maximum absolute atomic E-state index is 2.38. The number of hydrogen-bond donors (Lipinski definition) is 0. The van der Waals surface area contributed by atoms with Gasteiger partial charge in [-0.25, -0.2) is 0 Å². The second-order valence-corrected chi connectivity index (χ2v) is 7.04. The molecule has 1 heteroatoms. The van der Waals surface area contributed by atoms with Crippen molar-refractivity contribution >= 4 is 0 Å². The Hall–Kier alpha value is -0.820. The molecule has 0 aliphatic rings. The van der Waals surface area contributed by atoms with Crippen LogP contribution in [0.1, 0.15) is 97.5 Å². The van der Waals surface area contributed by atoms with Crippen molar-refractivity contribution in [2.45, 2.75) is 98.3 Å². The lowest BCUT2D eigenvalue weighted by molar-refractivity contribution is 0.321. The SMILES string of the molecule is CCCCCCCCCCCCc1ccccc1.CCN(CC)CC. The fraction of sp³-hybridized carbons (Fsp3) is 0.750. The molecule has 25 heavy (non-hydrogen) atoms. The predicted octanol–water partition coefficient (Wildman–Crippen LogP) is 7.50. The lowest BCUT2D eigenvalue weighted by atomic mass is 10.0. The second kappa shape index (κ2) is 19.5. The normalized spacial score (nSPS) is 10.6. The molecular formula is C24H45N. The monoisotopic (exact) mass is 347 g/mol. The molecule has 1 nitrogen and oxygen atoms in total. The van der Waals surface area contributed by atoms with E-state index >= 15 is 0 Å². The third kappa shape index (κ3) is 16.4. The lowest BCUT2D eigenvalue weighted by Crippen LogP contribution is -2.21. The first-order valence-electron chi connectivity index (χ1n) is 11.0. The van der Waals surface area contributed by atoms with Crippen LogP contribution in [0.5, 0.6) is 0 Å². The Labute approximate surface area is 159 Å². The highest BCUT2D eigenvalue weighted by molar-refractivity contribution is 5.14. The Morgan fingerprint density at radius 3 is 1.40 bits per heavy atom. The van der Waals surface area contributed by atoms with E-state index in [0.717, 1.165) is 0 Å². The Bertz CT molecular complexity index is 337. The van der Waals surface area contributed by atoms with E-state index in [4.69, 9.17) is 0 Å². The molecule has 0 aromatic heterocycles. The fourth-order valence-corrected chi connectivity index (χ4v) is 3.13. The molecule has 0 aliphatic carbocycles. The molecule has 0 saturated carbocycles. The van der Waals surface area contributed by atoms with E-state index in [-0.39, 0.29) is 0 Å². The van der Waals surface area contributed by atoms with Gasteiger partial charge in [0.15, 0.2) is 0 Å². The molecule has 0 heterocycles. The van der Waals surface area contributed by atoms with Gasteiger partial charge in [-0.3, -0.25) is 0 Å². The average Bonchev–Trinajstić information content (AvgIpc) is 2.66. The van der Waals surface area contributed by atoms with Gasteiger partial charge in [0.05, 0.1) is 0 Å². The van der Waals surface area contributed by atoms with Crippen LogP contribution in [0, 0.1) is 0 Å². The van der Waals surface area contributed by atoms with E-state index in [9.17, 15) is 0 Å². The van der Waals surface area contributed by atoms with E-state index in [0.29, 0.717) is 0 Å². The summed E-state index contributed by atoms with van der Waals surface area (Å²) >= 11 is 0. The van der Waals surface area contributed by atoms with Crippen molar-refractivity contribution in [2.75, 3.05) is 19.6 Å². The number of nitrogens with zero attached hydrogens (tertiary/aromatic N) is 1. The Kier molecular flexibility index (Phi) is 18.9. The van der Waals surface area contributed by atoms with Crippen LogP contribution in [0.25, 0.3) is 0 Å². The Morgan fingerprint density at radius 1 is 0.560 bits per heavy atom. The molecule has 0 spiro atoms. The minimum absolute atomic E-state index is 1.19. The summed E-state index contributed by atoms with van der Waals surface area (Å²) in [6, 6.07) is 10.9. The third-order valence-electron chi connectivity index (χ3n) is 5.00. The molecule has 0 aliphatic heterocycles.